The molecule has 6 nitrogen and oxygen atoms in total. The Morgan fingerprint density at radius 3 is 2.78 bits per heavy atom. The minimum absolute atomic E-state index is 0. The summed E-state index contributed by atoms with van der Waals surface area (Å²) in [6.45, 7) is 4.10. The van der Waals surface area contributed by atoms with Gasteiger partial charge in [-0.25, -0.2) is 0 Å². The summed E-state index contributed by atoms with van der Waals surface area (Å²) in [6, 6.07) is 13.8. The van der Waals surface area contributed by atoms with Gasteiger partial charge in [-0.1, -0.05) is 30.3 Å². The van der Waals surface area contributed by atoms with Crippen molar-refractivity contribution >= 4 is 30.7 Å². The number of nitrogens with zero attached hydrogens (tertiary/aromatic N) is 2. The van der Waals surface area contributed by atoms with Gasteiger partial charge in [0, 0.05) is 44.5 Å². The number of nitrogens with one attached hydrogen (secondary N) is 1. The van der Waals surface area contributed by atoms with E-state index >= 15 is 0 Å². The van der Waals surface area contributed by atoms with Gasteiger partial charge in [-0.2, -0.15) is 0 Å². The van der Waals surface area contributed by atoms with E-state index in [2.05, 4.69) is 39.5 Å². The number of benzene rings is 1. The van der Waals surface area contributed by atoms with Gasteiger partial charge in [-0.15, -0.1) is 24.8 Å². The molecule has 1 saturated heterocycles. The van der Waals surface area contributed by atoms with Crippen molar-refractivity contribution in [2.24, 2.45) is 5.73 Å². The van der Waals surface area contributed by atoms with Gasteiger partial charge in [0.05, 0.1) is 18.4 Å². The molecule has 1 amide bonds. The van der Waals surface area contributed by atoms with Gasteiger partial charge >= 0.3 is 0 Å². The zero-order valence-corrected chi connectivity index (χ0v) is 16.7. The molecule has 0 radical (unpaired) electrons. The molecule has 1 aliphatic rings. The summed E-state index contributed by atoms with van der Waals surface area (Å²) in [4.78, 5) is 18.7. The fourth-order valence-corrected chi connectivity index (χ4v) is 2.93. The molecule has 27 heavy (non-hydrogen) atoms. The second-order valence-electron chi connectivity index (χ2n) is 6.16. The highest BCUT2D eigenvalue weighted by molar-refractivity contribution is 5.94. The van der Waals surface area contributed by atoms with Gasteiger partial charge in [0.15, 0.2) is 0 Å². The molecule has 1 aliphatic heterocycles. The number of rotatable bonds is 6. The Morgan fingerprint density at radius 1 is 1.26 bits per heavy atom. The largest absolute Gasteiger partial charge is 0.374 e. The average Bonchev–Trinajstić information content (AvgIpc) is 2.67. The van der Waals surface area contributed by atoms with E-state index in [1.807, 2.05) is 6.07 Å². The molecule has 1 atom stereocenters. The Kier molecular flexibility index (Phi) is 10.3. The normalized spacial score (nSPS) is 16.7. The summed E-state index contributed by atoms with van der Waals surface area (Å²) in [5.41, 5.74) is 8.14. The SMILES string of the molecule is Cl.Cl.NCc1cc(C(=O)NCC2CN(Cc3ccccc3)CCO2)ccn1. The van der Waals surface area contributed by atoms with E-state index in [0.717, 1.165) is 19.6 Å². The maximum absolute atomic E-state index is 12.3. The van der Waals surface area contributed by atoms with Crippen LogP contribution in [-0.2, 0) is 17.8 Å². The number of nitrogens with two attached hydrogens (primary N) is 1. The Hall–Kier alpha value is -1.70. The van der Waals surface area contributed by atoms with Crippen LogP contribution in [0.25, 0.3) is 0 Å². The third kappa shape index (κ3) is 7.08. The van der Waals surface area contributed by atoms with Crippen LogP contribution in [0.2, 0.25) is 0 Å². The van der Waals surface area contributed by atoms with E-state index in [-0.39, 0.29) is 36.8 Å². The molecule has 0 aliphatic carbocycles. The number of hydrogen-bond donors (Lipinski definition) is 2. The predicted octanol–water partition coefficient (Wildman–Crippen LogP) is 2.01. The lowest BCUT2D eigenvalue weighted by atomic mass is 10.2. The highest BCUT2D eigenvalue weighted by Gasteiger charge is 2.21. The van der Waals surface area contributed by atoms with Crippen LogP contribution in [0.15, 0.2) is 48.7 Å². The minimum Gasteiger partial charge on any atom is -0.374 e. The van der Waals surface area contributed by atoms with Crippen molar-refractivity contribution in [2.75, 3.05) is 26.2 Å². The first kappa shape index (κ1) is 23.3. The monoisotopic (exact) mass is 412 g/mol. The van der Waals surface area contributed by atoms with Crippen molar-refractivity contribution in [3.05, 3.63) is 65.5 Å². The third-order valence-electron chi connectivity index (χ3n) is 4.25. The molecular weight excluding hydrogens is 387 g/mol. The number of carbonyl (C=O) groups excluding carboxylic acids is 1. The molecule has 3 N–H and O–H groups in total. The van der Waals surface area contributed by atoms with Crippen LogP contribution in [-0.4, -0.2) is 48.1 Å². The van der Waals surface area contributed by atoms with Crippen LogP contribution in [0, 0.1) is 0 Å². The molecule has 8 heteroatoms. The molecular formula is C19H26Cl2N4O2. The standard InChI is InChI=1S/C19H24N4O2.2ClH/c20-11-17-10-16(6-7-21-17)19(24)22-12-18-14-23(8-9-25-18)13-15-4-2-1-3-5-15;;/h1-7,10,18H,8-9,11-14,20H2,(H,22,24);2*1H. The minimum atomic E-state index is -0.124. The second-order valence-corrected chi connectivity index (χ2v) is 6.16. The van der Waals surface area contributed by atoms with E-state index in [9.17, 15) is 4.79 Å². The van der Waals surface area contributed by atoms with Crippen LogP contribution in [0.3, 0.4) is 0 Å². The fourth-order valence-electron chi connectivity index (χ4n) is 2.93. The Balaban J connectivity index is 0.00000182. The Bertz CT molecular complexity index is 703. The van der Waals surface area contributed by atoms with E-state index < -0.39 is 0 Å². The topological polar surface area (TPSA) is 80.5 Å². The number of aromatic nitrogens is 1. The number of hydrogen-bond acceptors (Lipinski definition) is 5. The van der Waals surface area contributed by atoms with Crippen LogP contribution >= 0.6 is 24.8 Å². The van der Waals surface area contributed by atoms with E-state index in [4.69, 9.17) is 10.5 Å². The summed E-state index contributed by atoms with van der Waals surface area (Å²) in [5.74, 6) is -0.124. The molecule has 1 aromatic carbocycles. The maximum atomic E-state index is 12.3. The summed E-state index contributed by atoms with van der Waals surface area (Å²) in [6.07, 6.45) is 1.60. The van der Waals surface area contributed by atoms with Gasteiger partial charge in [0.25, 0.3) is 5.91 Å². The smallest absolute Gasteiger partial charge is 0.251 e. The third-order valence-corrected chi connectivity index (χ3v) is 4.25. The van der Waals surface area contributed by atoms with Gasteiger partial charge in [-0.3, -0.25) is 14.7 Å². The molecule has 148 valence electrons. The molecule has 1 unspecified atom stereocenters. The highest BCUT2D eigenvalue weighted by atomic mass is 35.5. The Labute approximate surface area is 172 Å². The van der Waals surface area contributed by atoms with Crippen molar-refractivity contribution in [1.82, 2.24) is 15.2 Å². The van der Waals surface area contributed by atoms with E-state index in [1.165, 1.54) is 5.56 Å². The number of pyridine rings is 1. The first-order chi connectivity index (χ1) is 12.2. The first-order valence-corrected chi connectivity index (χ1v) is 8.55. The van der Waals surface area contributed by atoms with Crippen LogP contribution < -0.4 is 11.1 Å². The summed E-state index contributed by atoms with van der Waals surface area (Å²) in [5, 5.41) is 2.95. The van der Waals surface area contributed by atoms with Crippen LogP contribution in [0.1, 0.15) is 21.6 Å². The second kappa shape index (κ2) is 11.9. The van der Waals surface area contributed by atoms with Gasteiger partial charge < -0.3 is 15.8 Å². The van der Waals surface area contributed by atoms with Crippen molar-refractivity contribution < 1.29 is 9.53 Å². The lowest BCUT2D eigenvalue weighted by Gasteiger charge is -2.33. The van der Waals surface area contributed by atoms with Gasteiger partial charge in [0.2, 0.25) is 0 Å². The summed E-state index contributed by atoms with van der Waals surface area (Å²) < 4.78 is 5.79. The fraction of sp³-hybridized carbons (Fsp3) is 0.368. The Morgan fingerprint density at radius 2 is 2.04 bits per heavy atom. The maximum Gasteiger partial charge on any atom is 0.251 e. The van der Waals surface area contributed by atoms with Crippen molar-refractivity contribution in [3.63, 3.8) is 0 Å². The zero-order valence-electron chi connectivity index (χ0n) is 15.0. The molecule has 2 heterocycles. The first-order valence-electron chi connectivity index (χ1n) is 8.55. The molecule has 2 aromatic rings. The number of carbonyl (C=O) groups is 1. The number of halogens is 2. The van der Waals surface area contributed by atoms with Crippen molar-refractivity contribution in [3.8, 4) is 0 Å². The quantitative estimate of drug-likeness (QED) is 0.758. The van der Waals surface area contributed by atoms with E-state index in [1.54, 1.807) is 18.3 Å². The zero-order chi connectivity index (χ0) is 17.5. The summed E-state index contributed by atoms with van der Waals surface area (Å²) >= 11 is 0. The summed E-state index contributed by atoms with van der Waals surface area (Å²) in [7, 11) is 0. The molecule has 0 saturated carbocycles. The lowest BCUT2D eigenvalue weighted by Crippen LogP contribution is -2.47. The van der Waals surface area contributed by atoms with Gasteiger partial charge in [-0.05, 0) is 17.7 Å². The average molecular weight is 413 g/mol. The highest BCUT2D eigenvalue weighted by Crippen LogP contribution is 2.10. The van der Waals surface area contributed by atoms with Gasteiger partial charge in [0.1, 0.15) is 0 Å². The van der Waals surface area contributed by atoms with Crippen molar-refractivity contribution in [1.29, 1.82) is 0 Å². The molecule has 3 rings (SSSR count). The number of ether oxygens (including phenoxy) is 1. The number of amides is 1. The van der Waals surface area contributed by atoms with Crippen LogP contribution in [0.4, 0.5) is 0 Å². The lowest BCUT2D eigenvalue weighted by molar-refractivity contribution is -0.0292. The molecule has 1 aromatic heterocycles. The van der Waals surface area contributed by atoms with Crippen LogP contribution in [0.5, 0.6) is 0 Å². The van der Waals surface area contributed by atoms with E-state index in [0.29, 0.717) is 31.0 Å². The molecule has 0 bridgehead atoms. The number of morpholine rings is 1. The predicted molar refractivity (Wildman–Crippen MR) is 110 cm³/mol. The molecule has 0 spiro atoms. The molecule has 1 fully saturated rings. The van der Waals surface area contributed by atoms with Crippen molar-refractivity contribution in [2.45, 2.75) is 19.2 Å².